The van der Waals surface area contributed by atoms with Crippen LogP contribution in [0.3, 0.4) is 0 Å². The van der Waals surface area contributed by atoms with Crippen molar-refractivity contribution in [3.8, 4) is 0 Å². The largest absolute Gasteiger partial charge is 0.315 e. The Kier molecular flexibility index (Phi) is 3.98. The van der Waals surface area contributed by atoms with Crippen LogP contribution >= 0.6 is 23.2 Å². The number of sulfone groups is 1. The molecule has 1 N–H and O–H groups in total. The molecule has 1 atom stereocenters. The van der Waals surface area contributed by atoms with Gasteiger partial charge >= 0.3 is 0 Å². The second-order valence-corrected chi connectivity index (χ2v) is 7.05. The van der Waals surface area contributed by atoms with Crippen molar-refractivity contribution in [3.05, 3.63) is 28.2 Å². The number of hydrogen-bond donors (Lipinski definition) is 1. The second kappa shape index (κ2) is 5.14. The van der Waals surface area contributed by atoms with Gasteiger partial charge in [-0.25, -0.2) is 8.42 Å². The zero-order valence-corrected chi connectivity index (χ0v) is 11.4. The standard InChI is InChI=1S/C11H13Cl2NO2S/c12-9-4-1-5-10(11(9)13)17(15,16)8-3-2-6-14-7-8/h1,4-5,8,14H,2-3,6-7H2. The minimum absolute atomic E-state index is 0.125. The summed E-state index contributed by atoms with van der Waals surface area (Å²) >= 11 is 11.8. The highest BCUT2D eigenvalue weighted by atomic mass is 35.5. The first-order valence-electron chi connectivity index (χ1n) is 5.42. The molecule has 1 fully saturated rings. The molecule has 1 unspecified atom stereocenters. The van der Waals surface area contributed by atoms with Crippen molar-refractivity contribution in [2.75, 3.05) is 13.1 Å². The molecular formula is C11H13Cl2NO2S. The van der Waals surface area contributed by atoms with Crippen LogP contribution in [0.25, 0.3) is 0 Å². The predicted octanol–water partition coefficient (Wildman–Crippen LogP) is 2.52. The van der Waals surface area contributed by atoms with Crippen molar-refractivity contribution in [2.45, 2.75) is 23.0 Å². The minimum Gasteiger partial charge on any atom is -0.315 e. The van der Waals surface area contributed by atoms with E-state index in [9.17, 15) is 8.42 Å². The molecule has 1 aliphatic rings. The number of piperidine rings is 1. The maximum absolute atomic E-state index is 12.4. The normalized spacial score (nSPS) is 21.4. The molecule has 94 valence electrons. The van der Waals surface area contributed by atoms with E-state index in [1.54, 1.807) is 12.1 Å². The van der Waals surface area contributed by atoms with Crippen LogP contribution in [-0.2, 0) is 9.84 Å². The minimum atomic E-state index is -3.39. The number of nitrogens with one attached hydrogen (secondary N) is 1. The average Bonchev–Trinajstić information content (AvgIpc) is 2.33. The maximum Gasteiger partial charge on any atom is 0.184 e. The summed E-state index contributed by atoms with van der Waals surface area (Å²) in [5.74, 6) is 0. The first-order chi connectivity index (χ1) is 8.03. The molecule has 1 saturated heterocycles. The molecule has 0 radical (unpaired) electrons. The van der Waals surface area contributed by atoms with E-state index in [2.05, 4.69) is 5.32 Å². The number of halogens is 2. The molecule has 2 rings (SSSR count). The molecule has 1 aliphatic heterocycles. The van der Waals surface area contributed by atoms with Gasteiger partial charge in [-0.15, -0.1) is 0 Å². The lowest BCUT2D eigenvalue weighted by molar-refractivity contribution is 0.497. The molecular weight excluding hydrogens is 281 g/mol. The molecule has 0 bridgehead atoms. The Hall–Kier alpha value is -0.290. The Bertz CT molecular complexity index is 510. The molecule has 17 heavy (non-hydrogen) atoms. The van der Waals surface area contributed by atoms with Crippen LogP contribution in [0.15, 0.2) is 23.1 Å². The van der Waals surface area contributed by atoms with Crippen molar-refractivity contribution >= 4 is 33.0 Å². The monoisotopic (exact) mass is 293 g/mol. The number of rotatable bonds is 2. The van der Waals surface area contributed by atoms with Gasteiger partial charge in [-0.2, -0.15) is 0 Å². The van der Waals surface area contributed by atoms with Gasteiger partial charge in [-0.05, 0) is 31.5 Å². The summed E-state index contributed by atoms with van der Waals surface area (Å²) in [6.45, 7) is 1.35. The summed E-state index contributed by atoms with van der Waals surface area (Å²) < 4.78 is 24.8. The number of benzene rings is 1. The molecule has 1 aromatic rings. The molecule has 0 aliphatic carbocycles. The van der Waals surface area contributed by atoms with Crippen molar-refractivity contribution in [1.82, 2.24) is 5.32 Å². The van der Waals surface area contributed by atoms with Gasteiger partial charge in [0.2, 0.25) is 0 Å². The highest BCUT2D eigenvalue weighted by Crippen LogP contribution is 2.32. The molecule has 0 amide bonds. The molecule has 3 nitrogen and oxygen atoms in total. The van der Waals surface area contributed by atoms with E-state index in [-0.39, 0.29) is 14.9 Å². The van der Waals surface area contributed by atoms with E-state index in [0.29, 0.717) is 13.0 Å². The van der Waals surface area contributed by atoms with Crippen LogP contribution in [0.5, 0.6) is 0 Å². The molecule has 1 aromatic carbocycles. The Morgan fingerprint density at radius 1 is 1.29 bits per heavy atom. The lowest BCUT2D eigenvalue weighted by Crippen LogP contribution is -2.38. The van der Waals surface area contributed by atoms with Gasteiger partial charge in [0.25, 0.3) is 0 Å². The van der Waals surface area contributed by atoms with Gasteiger partial charge in [0.15, 0.2) is 9.84 Å². The fraction of sp³-hybridized carbons (Fsp3) is 0.455. The quantitative estimate of drug-likeness (QED) is 0.911. The second-order valence-electron chi connectivity index (χ2n) is 4.07. The van der Waals surface area contributed by atoms with Gasteiger partial charge in [-0.1, -0.05) is 29.3 Å². The van der Waals surface area contributed by atoms with Crippen LogP contribution in [0.2, 0.25) is 10.0 Å². The van der Waals surface area contributed by atoms with E-state index in [1.807, 2.05) is 0 Å². The van der Waals surface area contributed by atoms with Crippen LogP contribution in [-0.4, -0.2) is 26.8 Å². The van der Waals surface area contributed by atoms with Crippen molar-refractivity contribution in [3.63, 3.8) is 0 Å². The predicted molar refractivity (Wildman–Crippen MR) is 69.5 cm³/mol. The average molecular weight is 294 g/mol. The third kappa shape index (κ3) is 2.60. The first-order valence-corrected chi connectivity index (χ1v) is 7.72. The summed E-state index contributed by atoms with van der Waals surface area (Å²) in [6, 6.07) is 4.71. The number of hydrogen-bond acceptors (Lipinski definition) is 3. The summed E-state index contributed by atoms with van der Waals surface area (Å²) in [5.41, 5.74) is 0. The molecule has 6 heteroatoms. The Morgan fingerprint density at radius 2 is 2.06 bits per heavy atom. The summed E-state index contributed by atoms with van der Waals surface area (Å²) in [6.07, 6.45) is 1.53. The first kappa shape index (κ1) is 13.1. The van der Waals surface area contributed by atoms with Gasteiger partial charge in [0.05, 0.1) is 20.2 Å². The summed E-state index contributed by atoms with van der Waals surface area (Å²) in [5, 5.41) is 3.08. The third-order valence-electron chi connectivity index (χ3n) is 2.91. The smallest absolute Gasteiger partial charge is 0.184 e. The van der Waals surface area contributed by atoms with E-state index < -0.39 is 15.1 Å². The fourth-order valence-corrected chi connectivity index (χ4v) is 4.45. The molecule has 0 saturated carbocycles. The van der Waals surface area contributed by atoms with E-state index >= 15 is 0 Å². The van der Waals surface area contributed by atoms with Gasteiger partial charge in [0, 0.05) is 6.54 Å². The molecule has 1 heterocycles. The third-order valence-corrected chi connectivity index (χ3v) is 6.08. The highest BCUT2D eigenvalue weighted by molar-refractivity contribution is 7.92. The zero-order chi connectivity index (χ0) is 12.5. The van der Waals surface area contributed by atoms with Crippen LogP contribution < -0.4 is 5.32 Å². The van der Waals surface area contributed by atoms with Crippen LogP contribution in [0.4, 0.5) is 0 Å². The Labute approximate surface area is 111 Å². The fourth-order valence-electron chi connectivity index (χ4n) is 1.97. The van der Waals surface area contributed by atoms with E-state index in [0.717, 1.165) is 13.0 Å². The van der Waals surface area contributed by atoms with Crippen LogP contribution in [0, 0.1) is 0 Å². The Balaban J connectivity index is 2.40. The van der Waals surface area contributed by atoms with Crippen molar-refractivity contribution < 1.29 is 8.42 Å². The Morgan fingerprint density at radius 3 is 2.71 bits per heavy atom. The SMILES string of the molecule is O=S(=O)(c1cccc(Cl)c1Cl)C1CCCNC1. The molecule has 0 spiro atoms. The highest BCUT2D eigenvalue weighted by Gasteiger charge is 2.30. The topological polar surface area (TPSA) is 46.2 Å². The maximum atomic E-state index is 12.4. The van der Waals surface area contributed by atoms with Gasteiger partial charge in [-0.3, -0.25) is 0 Å². The van der Waals surface area contributed by atoms with Crippen molar-refractivity contribution in [2.24, 2.45) is 0 Å². The summed E-state index contributed by atoms with van der Waals surface area (Å²) in [7, 11) is -3.39. The van der Waals surface area contributed by atoms with Crippen molar-refractivity contribution in [1.29, 1.82) is 0 Å². The van der Waals surface area contributed by atoms with Crippen LogP contribution in [0.1, 0.15) is 12.8 Å². The van der Waals surface area contributed by atoms with Gasteiger partial charge < -0.3 is 5.32 Å². The molecule has 0 aromatic heterocycles. The summed E-state index contributed by atoms with van der Waals surface area (Å²) in [4.78, 5) is 0.139. The van der Waals surface area contributed by atoms with Gasteiger partial charge in [0.1, 0.15) is 0 Å². The zero-order valence-electron chi connectivity index (χ0n) is 9.12. The lowest BCUT2D eigenvalue weighted by atomic mass is 10.2. The van der Waals surface area contributed by atoms with E-state index in [1.165, 1.54) is 6.07 Å². The van der Waals surface area contributed by atoms with E-state index in [4.69, 9.17) is 23.2 Å². The lowest BCUT2D eigenvalue weighted by Gasteiger charge is -2.23.